The maximum absolute atomic E-state index is 5.90. The third-order valence-electron chi connectivity index (χ3n) is 3.07. The van der Waals surface area contributed by atoms with Crippen LogP contribution in [-0.2, 0) is 12.2 Å². The number of hydrogen-bond donors (Lipinski definition) is 1. The summed E-state index contributed by atoms with van der Waals surface area (Å²) >= 11 is 9.12. The van der Waals surface area contributed by atoms with Gasteiger partial charge in [-0.3, -0.25) is 0 Å². The molecule has 0 amide bonds. The van der Waals surface area contributed by atoms with Crippen molar-refractivity contribution in [1.29, 1.82) is 0 Å². The summed E-state index contributed by atoms with van der Waals surface area (Å²) < 4.78 is 0. The zero-order valence-corrected chi connectivity index (χ0v) is 14.9. The largest absolute Gasteiger partial charge is 0.384 e. The van der Waals surface area contributed by atoms with Gasteiger partial charge in [0.25, 0.3) is 0 Å². The van der Waals surface area contributed by atoms with Gasteiger partial charge in [0.1, 0.15) is 5.82 Å². The summed E-state index contributed by atoms with van der Waals surface area (Å²) in [6, 6.07) is 9.63. The fourth-order valence-electron chi connectivity index (χ4n) is 2.04. The Morgan fingerprint density at radius 1 is 1.17 bits per heavy atom. The lowest BCUT2D eigenvalue weighted by atomic mass is 10.2. The quantitative estimate of drug-likeness (QED) is 0.539. The zero-order chi connectivity index (χ0) is 16.2. The molecule has 118 valence electrons. The summed E-state index contributed by atoms with van der Waals surface area (Å²) in [4.78, 5) is 13.3. The molecule has 0 unspecified atom stereocenters. The van der Waals surface area contributed by atoms with Gasteiger partial charge in [-0.25, -0.2) is 15.0 Å². The third kappa shape index (κ3) is 4.67. The lowest BCUT2D eigenvalue weighted by molar-refractivity contribution is 0.939. The van der Waals surface area contributed by atoms with E-state index in [-0.39, 0.29) is 0 Å². The summed E-state index contributed by atoms with van der Waals surface area (Å²) in [6.07, 6.45) is 0.820. The van der Waals surface area contributed by atoms with Gasteiger partial charge >= 0.3 is 0 Å². The van der Waals surface area contributed by atoms with E-state index in [0.29, 0.717) is 11.0 Å². The van der Waals surface area contributed by atoms with Crippen LogP contribution in [0.1, 0.15) is 22.0 Å². The number of nitrogen functional groups attached to an aromatic ring is 1. The Balaban J connectivity index is 1.61. The van der Waals surface area contributed by atoms with Gasteiger partial charge in [0.15, 0.2) is 5.16 Å². The van der Waals surface area contributed by atoms with Gasteiger partial charge < -0.3 is 5.73 Å². The van der Waals surface area contributed by atoms with Crippen molar-refractivity contribution in [2.45, 2.75) is 24.3 Å². The Morgan fingerprint density at radius 3 is 2.70 bits per heavy atom. The molecule has 0 aliphatic heterocycles. The van der Waals surface area contributed by atoms with Crippen LogP contribution in [0.3, 0.4) is 0 Å². The molecule has 0 saturated heterocycles. The van der Waals surface area contributed by atoms with E-state index >= 15 is 0 Å². The van der Waals surface area contributed by atoms with Crippen LogP contribution in [0.4, 0.5) is 5.82 Å². The van der Waals surface area contributed by atoms with Crippen molar-refractivity contribution >= 4 is 40.5 Å². The molecule has 23 heavy (non-hydrogen) atoms. The van der Waals surface area contributed by atoms with E-state index in [1.165, 1.54) is 5.56 Å². The number of halogens is 1. The highest BCUT2D eigenvalue weighted by atomic mass is 35.5. The molecule has 4 nitrogen and oxygen atoms in total. The van der Waals surface area contributed by atoms with Crippen LogP contribution in [-0.4, -0.2) is 15.0 Å². The molecule has 0 fully saturated rings. The highest BCUT2D eigenvalue weighted by Gasteiger charge is 2.06. The molecule has 0 spiro atoms. The fraction of sp³-hybridized carbons (Fsp3) is 0.188. The van der Waals surface area contributed by atoms with Crippen molar-refractivity contribution in [1.82, 2.24) is 15.0 Å². The van der Waals surface area contributed by atoms with Gasteiger partial charge in [-0.1, -0.05) is 35.5 Å². The van der Waals surface area contributed by atoms with Crippen molar-refractivity contribution in [3.63, 3.8) is 0 Å². The Bertz CT molecular complexity index is 782. The Morgan fingerprint density at radius 2 is 1.96 bits per heavy atom. The number of hydrogen-bond acceptors (Lipinski definition) is 6. The van der Waals surface area contributed by atoms with Crippen LogP contribution in [0, 0.1) is 6.92 Å². The smallest absolute Gasteiger partial charge is 0.190 e. The van der Waals surface area contributed by atoms with Crippen molar-refractivity contribution in [2.75, 3.05) is 5.73 Å². The first-order valence-electron chi connectivity index (χ1n) is 7.00. The number of aromatic nitrogens is 3. The molecular weight excluding hydrogens is 348 g/mol. The number of benzene rings is 1. The molecule has 0 saturated carbocycles. The van der Waals surface area contributed by atoms with Gasteiger partial charge in [0, 0.05) is 34.3 Å². The van der Waals surface area contributed by atoms with E-state index in [1.54, 1.807) is 29.2 Å². The van der Waals surface area contributed by atoms with Crippen LogP contribution in [0.25, 0.3) is 0 Å². The van der Waals surface area contributed by atoms with Crippen LogP contribution in [0.2, 0.25) is 5.02 Å². The van der Waals surface area contributed by atoms with Gasteiger partial charge in [-0.05, 0) is 24.6 Å². The summed E-state index contributed by atoms with van der Waals surface area (Å²) in [5, 5.41) is 4.61. The minimum Gasteiger partial charge on any atom is -0.384 e. The fourth-order valence-corrected chi connectivity index (χ4v) is 3.90. The molecule has 3 aromatic rings. The van der Waals surface area contributed by atoms with Gasteiger partial charge in [0.2, 0.25) is 0 Å². The van der Waals surface area contributed by atoms with E-state index in [2.05, 4.69) is 20.3 Å². The maximum Gasteiger partial charge on any atom is 0.190 e. The minimum absolute atomic E-state index is 0.502. The molecule has 0 aliphatic rings. The molecule has 2 heterocycles. The van der Waals surface area contributed by atoms with E-state index < -0.39 is 0 Å². The lowest BCUT2D eigenvalue weighted by Crippen LogP contribution is -1.96. The van der Waals surface area contributed by atoms with Crippen molar-refractivity contribution in [3.8, 4) is 0 Å². The number of rotatable bonds is 5. The van der Waals surface area contributed by atoms with Gasteiger partial charge in [-0.15, -0.1) is 11.3 Å². The number of thioether (sulfide) groups is 1. The first-order chi connectivity index (χ1) is 11.1. The molecule has 1 aromatic carbocycles. The summed E-state index contributed by atoms with van der Waals surface area (Å²) in [5.41, 5.74) is 8.86. The third-order valence-corrected chi connectivity index (χ3v) is 5.10. The highest BCUT2D eigenvalue weighted by Crippen LogP contribution is 2.23. The van der Waals surface area contributed by atoms with Crippen LogP contribution in [0.5, 0.6) is 0 Å². The summed E-state index contributed by atoms with van der Waals surface area (Å²) in [5.74, 6) is 1.24. The summed E-state index contributed by atoms with van der Waals surface area (Å²) in [7, 11) is 0. The Kier molecular flexibility index (Phi) is 5.15. The van der Waals surface area contributed by atoms with Crippen molar-refractivity contribution in [3.05, 3.63) is 62.7 Å². The SMILES string of the molecule is Cc1cc(N)nc(SCc2csc(Cc3ccc(Cl)cc3)n2)n1. The molecule has 0 atom stereocenters. The monoisotopic (exact) mass is 362 g/mol. The van der Waals surface area contributed by atoms with E-state index in [4.69, 9.17) is 17.3 Å². The predicted molar refractivity (Wildman–Crippen MR) is 97.1 cm³/mol. The second-order valence-corrected chi connectivity index (χ2v) is 7.36. The number of nitrogens with zero attached hydrogens (tertiary/aromatic N) is 3. The average Bonchev–Trinajstić information content (AvgIpc) is 2.94. The first-order valence-corrected chi connectivity index (χ1v) is 9.24. The summed E-state index contributed by atoms with van der Waals surface area (Å²) in [6.45, 7) is 1.91. The van der Waals surface area contributed by atoms with Crippen molar-refractivity contribution < 1.29 is 0 Å². The standard InChI is InChI=1S/C16H15ClN4S2/c1-10-6-14(18)21-16(19-10)23-9-13-8-22-15(20-13)7-11-2-4-12(17)5-3-11/h2-6,8H,7,9H2,1H3,(H2,18,19,21). The second-order valence-electron chi connectivity index (χ2n) is 5.04. The molecule has 0 aliphatic carbocycles. The van der Waals surface area contributed by atoms with Crippen LogP contribution >= 0.6 is 34.7 Å². The molecule has 3 rings (SSSR count). The lowest BCUT2D eigenvalue weighted by Gasteiger charge is -2.01. The van der Waals surface area contributed by atoms with E-state index in [9.17, 15) is 0 Å². The second kappa shape index (κ2) is 7.29. The zero-order valence-electron chi connectivity index (χ0n) is 12.5. The highest BCUT2D eigenvalue weighted by molar-refractivity contribution is 7.98. The molecule has 2 N–H and O–H groups in total. The topological polar surface area (TPSA) is 64.7 Å². The average molecular weight is 363 g/mol. The minimum atomic E-state index is 0.502. The van der Waals surface area contributed by atoms with Gasteiger partial charge in [-0.2, -0.15) is 0 Å². The van der Waals surface area contributed by atoms with Crippen LogP contribution in [0.15, 0.2) is 40.9 Å². The van der Waals surface area contributed by atoms with E-state index in [0.717, 1.165) is 33.6 Å². The Hall–Kier alpha value is -1.63. The van der Waals surface area contributed by atoms with Gasteiger partial charge in [0.05, 0.1) is 10.7 Å². The number of nitrogens with two attached hydrogens (primary N) is 1. The predicted octanol–water partition coefficient (Wildman–Crippen LogP) is 4.36. The number of aryl methyl sites for hydroxylation is 1. The molecule has 0 bridgehead atoms. The normalized spacial score (nSPS) is 10.9. The Labute approximate surface area is 148 Å². The molecule has 0 radical (unpaired) electrons. The maximum atomic E-state index is 5.90. The van der Waals surface area contributed by atoms with Crippen LogP contribution < -0.4 is 5.73 Å². The first kappa shape index (κ1) is 16.2. The molecule has 2 aromatic heterocycles. The molecular formula is C16H15ClN4S2. The van der Waals surface area contributed by atoms with E-state index in [1.807, 2.05) is 31.2 Å². The number of thiazole rings is 1. The number of anilines is 1. The van der Waals surface area contributed by atoms with Crippen molar-refractivity contribution in [2.24, 2.45) is 0 Å². The molecule has 7 heteroatoms.